The van der Waals surface area contributed by atoms with Gasteiger partial charge in [0.25, 0.3) is 0 Å². The second-order valence-corrected chi connectivity index (χ2v) is 10.6. The number of carbonyl (C=O) groups excluding carboxylic acids is 1. The van der Waals surface area contributed by atoms with Crippen molar-refractivity contribution in [1.82, 2.24) is 9.58 Å². The van der Waals surface area contributed by atoms with Crippen LogP contribution in [0.2, 0.25) is 5.02 Å². The fraction of sp³-hybridized carbons (Fsp3) is 0.333. The largest absolute Gasteiger partial charge is 0.491 e. The van der Waals surface area contributed by atoms with E-state index < -0.39 is 23.1 Å². The number of halogens is 3. The fourth-order valence-corrected chi connectivity index (χ4v) is 6.21. The number of hydrogen-bond donors (Lipinski definition) is 0. The summed E-state index contributed by atoms with van der Waals surface area (Å²) in [6, 6.07) is 10.7. The number of benzene rings is 2. The van der Waals surface area contributed by atoms with Crippen molar-refractivity contribution in [2.45, 2.75) is 31.7 Å². The number of nitrogens with zero attached hydrogens (tertiary/aromatic N) is 3. The van der Waals surface area contributed by atoms with E-state index in [0.29, 0.717) is 29.4 Å². The van der Waals surface area contributed by atoms with Gasteiger partial charge < -0.3 is 9.30 Å². The molecule has 5 nitrogen and oxygen atoms in total. The van der Waals surface area contributed by atoms with E-state index in [2.05, 4.69) is 5.10 Å². The van der Waals surface area contributed by atoms with Gasteiger partial charge in [-0.15, -0.1) is 0 Å². The predicted molar refractivity (Wildman–Crippen MR) is 129 cm³/mol. The first-order chi connectivity index (χ1) is 16.8. The summed E-state index contributed by atoms with van der Waals surface area (Å²) in [6.07, 6.45) is 8.25. The summed E-state index contributed by atoms with van der Waals surface area (Å²) < 4.78 is 35.5. The quantitative estimate of drug-likeness (QED) is 0.413. The Kier molecular flexibility index (Phi) is 5.04. The molecule has 2 heterocycles. The van der Waals surface area contributed by atoms with Gasteiger partial charge in [-0.3, -0.25) is 4.79 Å². The minimum atomic E-state index is -0.656. The lowest BCUT2D eigenvalue weighted by Gasteiger charge is -2.69. The molecule has 1 unspecified atom stereocenters. The highest BCUT2D eigenvalue weighted by atomic mass is 35.5. The summed E-state index contributed by atoms with van der Waals surface area (Å²) in [5.41, 5.74) is 2.03. The first kappa shape index (κ1) is 22.3. The van der Waals surface area contributed by atoms with Gasteiger partial charge in [0, 0.05) is 43.6 Å². The van der Waals surface area contributed by atoms with Crippen LogP contribution in [0.5, 0.6) is 5.75 Å². The molecule has 4 aliphatic rings. The Morgan fingerprint density at radius 2 is 1.86 bits per heavy atom. The Balaban J connectivity index is 1.08. The molecule has 0 N–H and O–H groups in total. The summed E-state index contributed by atoms with van der Waals surface area (Å²) in [5.74, 6) is -0.755. The maximum absolute atomic E-state index is 13.7. The average molecular weight is 496 g/mol. The lowest BCUT2D eigenvalue weighted by atomic mass is 9.35. The van der Waals surface area contributed by atoms with Crippen LogP contribution in [0.1, 0.15) is 37.3 Å². The molecule has 35 heavy (non-hydrogen) atoms. The number of carbonyl (C=O) groups is 1. The highest BCUT2D eigenvalue weighted by Gasteiger charge is 2.73. The number of amides is 1. The van der Waals surface area contributed by atoms with Crippen molar-refractivity contribution in [3.8, 4) is 16.9 Å². The molecule has 3 aliphatic carbocycles. The summed E-state index contributed by atoms with van der Waals surface area (Å²) in [5, 5.41) is 6.22. The third-order valence-electron chi connectivity index (χ3n) is 7.53. The first-order valence-corrected chi connectivity index (χ1v) is 12.0. The molecular weight excluding hydrogens is 472 g/mol. The fourth-order valence-electron chi connectivity index (χ4n) is 5.98. The number of ether oxygens (including phenoxy) is 1. The molecule has 0 radical (unpaired) electrons. The number of hydrogen-bond acceptors (Lipinski definition) is 3. The summed E-state index contributed by atoms with van der Waals surface area (Å²) >= 11 is 6.49. The van der Waals surface area contributed by atoms with Crippen molar-refractivity contribution >= 4 is 23.7 Å². The Hall–Kier alpha value is -3.19. The van der Waals surface area contributed by atoms with E-state index in [1.807, 2.05) is 48.3 Å². The molecule has 1 atom stereocenters. The van der Waals surface area contributed by atoms with E-state index in [-0.39, 0.29) is 11.3 Å². The lowest BCUT2D eigenvalue weighted by Crippen LogP contribution is -2.69. The number of rotatable bonds is 6. The maximum atomic E-state index is 13.7. The Morgan fingerprint density at radius 1 is 1.11 bits per heavy atom. The van der Waals surface area contributed by atoms with Crippen LogP contribution in [0.4, 0.5) is 8.78 Å². The summed E-state index contributed by atoms with van der Waals surface area (Å²) in [4.78, 5) is 13.3. The zero-order valence-electron chi connectivity index (χ0n) is 19.2. The van der Waals surface area contributed by atoms with Gasteiger partial charge in [-0.2, -0.15) is 5.10 Å². The van der Waals surface area contributed by atoms with Gasteiger partial charge >= 0.3 is 0 Å². The van der Waals surface area contributed by atoms with Crippen LogP contribution in [-0.2, 0) is 11.8 Å². The van der Waals surface area contributed by atoms with Crippen LogP contribution >= 0.6 is 11.6 Å². The molecule has 1 amide bonds. The SMILES string of the molecule is Cn1ccc(-c2ccc(OCC34CC(C(=O)N5N=CCC5c5cc(F)cc(F)c5)(C3)C4)c(Cl)c2)c1. The molecule has 2 aromatic carbocycles. The summed E-state index contributed by atoms with van der Waals surface area (Å²) in [7, 11) is 1.97. The molecule has 8 heteroatoms. The standard InChI is InChI=1S/C27H24ClF2N3O2/c1-32-7-5-18(12-32)17-2-3-24(22(28)10-17)35-16-26-13-27(14-26,15-26)25(34)33-23(4-6-31-33)19-8-20(29)11-21(30)9-19/h2-3,5-12,23H,4,13-16H2,1H3. The van der Waals surface area contributed by atoms with Crippen molar-refractivity contribution in [1.29, 1.82) is 0 Å². The van der Waals surface area contributed by atoms with E-state index in [0.717, 1.165) is 36.5 Å². The number of hydrazone groups is 1. The van der Waals surface area contributed by atoms with Gasteiger partial charge in [-0.1, -0.05) is 17.7 Å². The van der Waals surface area contributed by atoms with Crippen LogP contribution in [0.15, 0.2) is 60.0 Å². The van der Waals surface area contributed by atoms with Crippen LogP contribution in [-0.4, -0.2) is 28.3 Å². The van der Waals surface area contributed by atoms with E-state index in [4.69, 9.17) is 16.3 Å². The third-order valence-corrected chi connectivity index (χ3v) is 7.83. The Morgan fingerprint density at radius 3 is 2.51 bits per heavy atom. The van der Waals surface area contributed by atoms with Crippen LogP contribution < -0.4 is 4.74 Å². The normalized spacial score (nSPS) is 26.4. The van der Waals surface area contributed by atoms with Gasteiger partial charge in [-0.25, -0.2) is 13.8 Å². The molecule has 3 fully saturated rings. The van der Waals surface area contributed by atoms with Gasteiger partial charge in [-0.05, 0) is 66.3 Å². The molecule has 1 aromatic heterocycles. The molecule has 7 rings (SSSR count). The third kappa shape index (κ3) is 3.73. The summed E-state index contributed by atoms with van der Waals surface area (Å²) in [6.45, 7) is 0.494. The van der Waals surface area contributed by atoms with Crippen LogP contribution in [0, 0.1) is 22.5 Å². The highest BCUT2D eigenvalue weighted by Crippen LogP contribution is 2.74. The van der Waals surface area contributed by atoms with Crippen molar-refractivity contribution in [3.05, 3.63) is 77.1 Å². The van der Waals surface area contributed by atoms with Crippen LogP contribution in [0.3, 0.4) is 0 Å². The number of aryl methyl sites for hydroxylation is 1. The van der Waals surface area contributed by atoms with Crippen molar-refractivity contribution in [3.63, 3.8) is 0 Å². The van der Waals surface area contributed by atoms with Gasteiger partial charge in [0.05, 0.1) is 23.1 Å². The highest BCUT2D eigenvalue weighted by molar-refractivity contribution is 6.32. The topological polar surface area (TPSA) is 46.8 Å². The van der Waals surface area contributed by atoms with E-state index in [1.54, 1.807) is 6.21 Å². The molecule has 2 bridgehead atoms. The number of aromatic nitrogens is 1. The predicted octanol–water partition coefficient (Wildman–Crippen LogP) is 6.13. The maximum Gasteiger partial charge on any atom is 0.249 e. The van der Waals surface area contributed by atoms with E-state index >= 15 is 0 Å². The molecule has 0 saturated heterocycles. The smallest absolute Gasteiger partial charge is 0.249 e. The zero-order valence-corrected chi connectivity index (χ0v) is 19.9. The molecular formula is C27H24ClF2N3O2. The second-order valence-electron chi connectivity index (χ2n) is 10.2. The van der Waals surface area contributed by atoms with E-state index in [9.17, 15) is 13.6 Å². The first-order valence-electron chi connectivity index (χ1n) is 11.6. The Labute approximate surface area is 206 Å². The van der Waals surface area contributed by atoms with Crippen molar-refractivity contribution < 1.29 is 18.3 Å². The minimum Gasteiger partial charge on any atom is -0.491 e. The van der Waals surface area contributed by atoms with Crippen LogP contribution in [0.25, 0.3) is 11.1 Å². The zero-order chi connectivity index (χ0) is 24.4. The molecule has 0 spiro atoms. The molecule has 3 saturated carbocycles. The minimum absolute atomic E-state index is 0.0407. The molecule has 1 aliphatic heterocycles. The van der Waals surface area contributed by atoms with Crippen molar-refractivity contribution in [2.24, 2.45) is 23.0 Å². The van der Waals surface area contributed by atoms with Gasteiger partial charge in [0.15, 0.2) is 0 Å². The molecule has 180 valence electrons. The molecule has 3 aromatic rings. The lowest BCUT2D eigenvalue weighted by molar-refractivity contribution is -0.226. The van der Waals surface area contributed by atoms with Gasteiger partial charge in [0.2, 0.25) is 5.91 Å². The monoisotopic (exact) mass is 495 g/mol. The second kappa shape index (κ2) is 7.92. The van der Waals surface area contributed by atoms with Gasteiger partial charge in [0.1, 0.15) is 17.4 Å². The van der Waals surface area contributed by atoms with Crippen molar-refractivity contribution in [2.75, 3.05) is 6.61 Å². The van der Waals surface area contributed by atoms with E-state index in [1.165, 1.54) is 17.1 Å². The average Bonchev–Trinajstić information content (AvgIpc) is 3.41. The Bertz CT molecular complexity index is 1330.